The summed E-state index contributed by atoms with van der Waals surface area (Å²) in [5.41, 5.74) is 3.98. The molecule has 2 amide bonds. The van der Waals surface area contributed by atoms with Crippen LogP contribution in [-0.2, 0) is 22.4 Å². The first kappa shape index (κ1) is 31.4. The first-order valence-corrected chi connectivity index (χ1v) is 14.5. The molecule has 0 unspecified atom stereocenters. The SMILES string of the molecule is CC[C@H](C)[C@@H](Nc1ccc2c(cc1=O)[C@H](NC(C)=O)CCc1cc(OC)c(OC)c(OC)c1-2)C(=O)NCCc1cnc[nH]1. The second-order valence-electron chi connectivity index (χ2n) is 10.7. The number of amides is 2. The van der Waals surface area contributed by atoms with Gasteiger partial charge in [0.2, 0.25) is 23.0 Å². The van der Waals surface area contributed by atoms with E-state index in [1.54, 1.807) is 46.0 Å². The molecule has 230 valence electrons. The number of hydrogen-bond acceptors (Lipinski definition) is 8. The lowest BCUT2D eigenvalue weighted by Gasteiger charge is -2.24. The molecular formula is C32H41N5O6. The number of aryl methyl sites for hydroxylation is 1. The van der Waals surface area contributed by atoms with Crippen molar-refractivity contribution in [3.05, 3.63) is 63.8 Å². The molecule has 1 aliphatic carbocycles. The molecule has 2 aromatic carbocycles. The number of aromatic nitrogens is 2. The zero-order chi connectivity index (χ0) is 31.1. The Kier molecular flexibility index (Phi) is 10.3. The monoisotopic (exact) mass is 591 g/mol. The fourth-order valence-electron chi connectivity index (χ4n) is 5.55. The van der Waals surface area contributed by atoms with Crippen LogP contribution in [0.15, 0.2) is 41.6 Å². The molecule has 1 heterocycles. The molecule has 0 saturated carbocycles. The average Bonchev–Trinajstić information content (AvgIpc) is 3.41. The number of ether oxygens (including phenoxy) is 3. The molecule has 0 aliphatic heterocycles. The Labute approximate surface area is 251 Å². The molecule has 0 bridgehead atoms. The van der Waals surface area contributed by atoms with E-state index < -0.39 is 12.1 Å². The fourth-order valence-corrected chi connectivity index (χ4v) is 5.55. The summed E-state index contributed by atoms with van der Waals surface area (Å²) >= 11 is 0. The Morgan fingerprint density at radius 1 is 1.12 bits per heavy atom. The molecule has 4 N–H and O–H groups in total. The highest BCUT2D eigenvalue weighted by atomic mass is 16.5. The number of H-pyrrole nitrogens is 1. The van der Waals surface area contributed by atoms with Crippen LogP contribution in [0.25, 0.3) is 11.1 Å². The molecule has 43 heavy (non-hydrogen) atoms. The zero-order valence-corrected chi connectivity index (χ0v) is 25.6. The highest BCUT2D eigenvalue weighted by Gasteiger charge is 2.30. The summed E-state index contributed by atoms with van der Waals surface area (Å²) in [6.07, 6.45) is 5.82. The van der Waals surface area contributed by atoms with Crippen molar-refractivity contribution in [2.24, 2.45) is 5.92 Å². The van der Waals surface area contributed by atoms with Gasteiger partial charge in [-0.1, -0.05) is 26.3 Å². The predicted molar refractivity (Wildman–Crippen MR) is 165 cm³/mol. The number of benzene rings is 1. The van der Waals surface area contributed by atoms with Crippen molar-refractivity contribution in [1.29, 1.82) is 0 Å². The smallest absolute Gasteiger partial charge is 0.242 e. The molecule has 11 heteroatoms. The van der Waals surface area contributed by atoms with Gasteiger partial charge in [0.15, 0.2) is 11.5 Å². The maximum absolute atomic E-state index is 13.8. The number of imidazole rings is 1. The van der Waals surface area contributed by atoms with Gasteiger partial charge in [-0.25, -0.2) is 4.98 Å². The number of rotatable bonds is 12. The quantitative estimate of drug-likeness (QED) is 0.249. The summed E-state index contributed by atoms with van der Waals surface area (Å²) < 4.78 is 17.1. The number of nitrogens with one attached hydrogen (secondary N) is 4. The molecule has 0 fully saturated rings. The molecule has 0 radical (unpaired) electrons. The van der Waals surface area contributed by atoms with Crippen molar-refractivity contribution < 1.29 is 23.8 Å². The van der Waals surface area contributed by atoms with Crippen LogP contribution in [0.4, 0.5) is 5.69 Å². The van der Waals surface area contributed by atoms with Crippen molar-refractivity contribution in [3.8, 4) is 28.4 Å². The van der Waals surface area contributed by atoms with E-state index in [9.17, 15) is 14.4 Å². The van der Waals surface area contributed by atoms with Crippen molar-refractivity contribution in [2.45, 2.75) is 58.5 Å². The maximum Gasteiger partial charge on any atom is 0.242 e. The molecule has 11 nitrogen and oxygen atoms in total. The molecule has 3 aromatic rings. The van der Waals surface area contributed by atoms with Gasteiger partial charge >= 0.3 is 0 Å². The number of nitrogens with zero attached hydrogens (tertiary/aromatic N) is 1. The van der Waals surface area contributed by atoms with Gasteiger partial charge in [0.25, 0.3) is 0 Å². The Morgan fingerprint density at radius 3 is 2.51 bits per heavy atom. The lowest BCUT2D eigenvalue weighted by molar-refractivity contribution is -0.123. The van der Waals surface area contributed by atoms with Crippen LogP contribution in [0.3, 0.4) is 0 Å². The number of methoxy groups -OCH3 is 3. The second-order valence-corrected chi connectivity index (χ2v) is 10.7. The summed E-state index contributed by atoms with van der Waals surface area (Å²) in [5.74, 6) is 0.984. The standard InChI is InChI=1S/C32H41N5O6/c1-7-18(2)29(32(40)34-13-12-21-16-33-17-35-21)37-25-11-9-22-23(15-26(25)39)24(36-19(3)38)10-8-20-14-27(41-4)30(42-5)31(43-6)28(20)22/h9,11,14-18,24,29H,7-8,10,12-13H2,1-6H3,(H,33,35)(H,34,40)(H,36,38)(H,37,39)/t18-,24+,29+/m0/s1. The van der Waals surface area contributed by atoms with E-state index in [0.29, 0.717) is 48.6 Å². The van der Waals surface area contributed by atoms with Gasteiger partial charge in [-0.15, -0.1) is 0 Å². The van der Waals surface area contributed by atoms with E-state index in [4.69, 9.17) is 14.2 Å². The Hall–Kier alpha value is -4.54. The minimum atomic E-state index is -0.640. The normalized spacial score (nSPS) is 15.2. The van der Waals surface area contributed by atoms with Crippen LogP contribution in [-0.4, -0.2) is 55.7 Å². The Morgan fingerprint density at radius 2 is 1.88 bits per heavy atom. The summed E-state index contributed by atoms with van der Waals surface area (Å²) in [7, 11) is 4.67. The van der Waals surface area contributed by atoms with E-state index in [-0.39, 0.29) is 28.8 Å². The maximum atomic E-state index is 13.8. The van der Waals surface area contributed by atoms with Crippen LogP contribution >= 0.6 is 0 Å². The lowest BCUT2D eigenvalue weighted by Crippen LogP contribution is -2.45. The zero-order valence-electron chi connectivity index (χ0n) is 25.6. The number of anilines is 1. The number of hydrogen-bond donors (Lipinski definition) is 4. The van der Waals surface area contributed by atoms with Crippen molar-refractivity contribution in [1.82, 2.24) is 20.6 Å². The van der Waals surface area contributed by atoms with E-state index in [0.717, 1.165) is 28.8 Å². The summed E-state index contributed by atoms with van der Waals surface area (Å²) in [6.45, 7) is 5.87. The van der Waals surface area contributed by atoms with Crippen LogP contribution in [0.5, 0.6) is 17.2 Å². The first-order valence-electron chi connectivity index (χ1n) is 14.5. The summed E-state index contributed by atoms with van der Waals surface area (Å²) in [5, 5.41) is 9.24. The van der Waals surface area contributed by atoms with E-state index >= 15 is 0 Å². The number of aromatic amines is 1. The van der Waals surface area contributed by atoms with E-state index in [1.165, 1.54) is 6.92 Å². The molecule has 4 rings (SSSR count). The van der Waals surface area contributed by atoms with Crippen LogP contribution < -0.4 is 35.6 Å². The van der Waals surface area contributed by atoms with Crippen molar-refractivity contribution in [3.63, 3.8) is 0 Å². The van der Waals surface area contributed by atoms with Gasteiger partial charge in [-0.2, -0.15) is 0 Å². The molecule has 0 spiro atoms. The van der Waals surface area contributed by atoms with Crippen LogP contribution in [0.2, 0.25) is 0 Å². The molecule has 1 aliphatic rings. The van der Waals surface area contributed by atoms with E-state index in [1.807, 2.05) is 26.0 Å². The lowest BCUT2D eigenvalue weighted by atomic mass is 9.95. The molecule has 3 atom stereocenters. The highest BCUT2D eigenvalue weighted by molar-refractivity contribution is 5.86. The third-order valence-electron chi connectivity index (χ3n) is 7.97. The second kappa shape index (κ2) is 14.1. The Balaban J connectivity index is 1.79. The highest BCUT2D eigenvalue weighted by Crippen LogP contribution is 2.50. The average molecular weight is 592 g/mol. The van der Waals surface area contributed by atoms with Gasteiger partial charge in [-0.05, 0) is 53.6 Å². The fraction of sp³-hybridized carbons (Fsp3) is 0.438. The van der Waals surface area contributed by atoms with Gasteiger partial charge in [0, 0.05) is 37.3 Å². The van der Waals surface area contributed by atoms with Crippen molar-refractivity contribution in [2.75, 3.05) is 33.2 Å². The van der Waals surface area contributed by atoms with Crippen LogP contribution in [0, 0.1) is 5.92 Å². The molecule has 1 aromatic heterocycles. The van der Waals surface area contributed by atoms with Gasteiger partial charge in [-0.3, -0.25) is 14.4 Å². The predicted octanol–water partition coefficient (Wildman–Crippen LogP) is 3.77. The minimum Gasteiger partial charge on any atom is -0.493 e. The first-order chi connectivity index (χ1) is 20.7. The minimum absolute atomic E-state index is 0.0560. The number of carbonyl (C=O) groups excluding carboxylic acids is 2. The van der Waals surface area contributed by atoms with Crippen molar-refractivity contribution >= 4 is 17.5 Å². The number of fused-ring (bicyclic) bond motifs is 3. The third-order valence-corrected chi connectivity index (χ3v) is 7.97. The molecule has 0 saturated heterocycles. The molecular weight excluding hydrogens is 550 g/mol. The largest absolute Gasteiger partial charge is 0.493 e. The number of carbonyl (C=O) groups is 2. The topological polar surface area (TPSA) is 144 Å². The van der Waals surface area contributed by atoms with Gasteiger partial charge < -0.3 is 35.1 Å². The Bertz CT molecular complexity index is 1510. The summed E-state index contributed by atoms with van der Waals surface area (Å²) in [4.78, 5) is 46.4. The van der Waals surface area contributed by atoms with Gasteiger partial charge in [0.1, 0.15) is 6.04 Å². The summed E-state index contributed by atoms with van der Waals surface area (Å²) in [6, 6.07) is 5.94. The van der Waals surface area contributed by atoms with Crippen LogP contribution in [0.1, 0.15) is 56.5 Å². The van der Waals surface area contributed by atoms with E-state index in [2.05, 4.69) is 25.9 Å². The third kappa shape index (κ3) is 6.93. The van der Waals surface area contributed by atoms with Gasteiger partial charge in [0.05, 0.1) is 39.4 Å².